The number of ether oxygens (including phenoxy) is 1. The van der Waals surface area contributed by atoms with E-state index in [9.17, 15) is 23.3 Å². The molecule has 43 heavy (non-hydrogen) atoms. The number of carbonyl (C=O) groups is 2. The zero-order valence-corrected chi connectivity index (χ0v) is 25.0. The van der Waals surface area contributed by atoms with E-state index in [0.29, 0.717) is 31.0 Å². The number of rotatable bonds is 9. The molecule has 2 saturated heterocycles. The number of nitriles is 1. The molecule has 12 heteroatoms. The molecule has 0 bridgehead atoms. The molecule has 2 aromatic carbocycles. The number of benzene rings is 2. The summed E-state index contributed by atoms with van der Waals surface area (Å²) in [4.78, 5) is 38.2. The van der Waals surface area contributed by atoms with Gasteiger partial charge in [-0.3, -0.25) is 4.79 Å². The van der Waals surface area contributed by atoms with Crippen LogP contribution >= 0.6 is 0 Å². The first-order valence-corrected chi connectivity index (χ1v) is 15.9. The van der Waals surface area contributed by atoms with Gasteiger partial charge in [-0.1, -0.05) is 62.4 Å². The normalized spacial score (nSPS) is 18.4. The summed E-state index contributed by atoms with van der Waals surface area (Å²) < 4.78 is 33.7. The molecule has 0 aliphatic carbocycles. The van der Waals surface area contributed by atoms with Crippen LogP contribution in [0.3, 0.4) is 0 Å². The molecule has 11 nitrogen and oxygen atoms in total. The van der Waals surface area contributed by atoms with Crippen LogP contribution in [0.2, 0.25) is 0 Å². The predicted octanol–water partition coefficient (Wildman–Crippen LogP) is 3.33. The van der Waals surface area contributed by atoms with E-state index < -0.39 is 39.7 Å². The largest absolute Gasteiger partial charge is 0.447 e. The second-order valence-electron chi connectivity index (χ2n) is 11.1. The minimum absolute atomic E-state index is 0.0763. The van der Waals surface area contributed by atoms with Gasteiger partial charge in [-0.25, -0.2) is 28.1 Å². The van der Waals surface area contributed by atoms with Gasteiger partial charge in [0.2, 0.25) is 21.9 Å². The smallest absolute Gasteiger partial charge is 0.416 e. The van der Waals surface area contributed by atoms with E-state index in [2.05, 4.69) is 16.0 Å². The third-order valence-electron chi connectivity index (χ3n) is 7.94. The Morgan fingerprint density at radius 3 is 2.33 bits per heavy atom. The average Bonchev–Trinajstić information content (AvgIpc) is 3.39. The Morgan fingerprint density at radius 1 is 1.02 bits per heavy atom. The number of amides is 2. The lowest BCUT2D eigenvalue weighted by Gasteiger charge is -2.35. The minimum atomic E-state index is -3.82. The van der Waals surface area contributed by atoms with Gasteiger partial charge in [0.15, 0.2) is 0 Å². The third kappa shape index (κ3) is 6.68. The molecule has 0 radical (unpaired) electrons. The van der Waals surface area contributed by atoms with Crippen LogP contribution in [-0.4, -0.2) is 84.2 Å². The van der Waals surface area contributed by atoms with E-state index in [4.69, 9.17) is 4.74 Å². The summed E-state index contributed by atoms with van der Waals surface area (Å²) in [5.41, 5.74) is 2.96. The fraction of sp³-hybridized carbons (Fsp3) is 0.387. The van der Waals surface area contributed by atoms with Gasteiger partial charge in [0, 0.05) is 49.7 Å². The van der Waals surface area contributed by atoms with Crippen molar-refractivity contribution >= 4 is 28.0 Å². The summed E-state index contributed by atoms with van der Waals surface area (Å²) in [6.45, 7) is 4.85. The maximum atomic E-state index is 13.7. The highest BCUT2D eigenvalue weighted by Crippen LogP contribution is 2.27. The number of cyclic esters (lactones) is 1. The summed E-state index contributed by atoms with van der Waals surface area (Å²) >= 11 is 0. The van der Waals surface area contributed by atoms with Crippen molar-refractivity contribution in [1.82, 2.24) is 19.2 Å². The predicted molar refractivity (Wildman–Crippen MR) is 160 cm³/mol. The lowest BCUT2D eigenvalue weighted by atomic mass is 9.95. The number of hydrogen-bond donors (Lipinski definition) is 0. The zero-order valence-electron chi connectivity index (χ0n) is 24.2. The van der Waals surface area contributed by atoms with E-state index in [1.165, 1.54) is 4.31 Å². The van der Waals surface area contributed by atoms with Gasteiger partial charge in [0.1, 0.15) is 6.61 Å². The standard InChI is InChI=1S/C31H34N6O5S/c1-22(2)28(29(38)37-26(20-42-31(37)39)16-23-8-4-3-5-9-23)21-43(40,41)36-14-12-35(13-15-36)30-33-18-25(19-34-30)27-11-7-6-10-24(27)17-32/h3-11,18-19,22,26,28H,12-16,20-21H2,1-2H3/t26-,28-/m1/s1. The van der Waals surface area contributed by atoms with Gasteiger partial charge in [-0.15, -0.1) is 0 Å². The average molecular weight is 603 g/mol. The maximum Gasteiger partial charge on any atom is 0.416 e. The van der Waals surface area contributed by atoms with Crippen LogP contribution < -0.4 is 4.90 Å². The highest BCUT2D eigenvalue weighted by molar-refractivity contribution is 7.89. The van der Waals surface area contributed by atoms with Gasteiger partial charge >= 0.3 is 6.09 Å². The van der Waals surface area contributed by atoms with Crippen LogP contribution in [-0.2, 0) is 26.0 Å². The van der Waals surface area contributed by atoms with E-state index in [0.717, 1.165) is 21.6 Å². The van der Waals surface area contributed by atoms with Crippen molar-refractivity contribution in [2.75, 3.05) is 43.4 Å². The highest BCUT2D eigenvalue weighted by Gasteiger charge is 2.43. The van der Waals surface area contributed by atoms with Gasteiger partial charge in [-0.05, 0) is 24.0 Å². The van der Waals surface area contributed by atoms with Crippen molar-refractivity contribution in [3.05, 3.63) is 78.1 Å². The van der Waals surface area contributed by atoms with Crippen LogP contribution in [0.15, 0.2) is 67.0 Å². The molecule has 0 saturated carbocycles. The fourth-order valence-corrected chi connectivity index (χ4v) is 7.36. The topological polar surface area (TPSA) is 137 Å². The number of imide groups is 1. The fourth-order valence-electron chi connectivity index (χ4n) is 5.45. The summed E-state index contributed by atoms with van der Waals surface area (Å²) in [6, 6.07) is 18.4. The van der Waals surface area contributed by atoms with Crippen molar-refractivity contribution in [2.24, 2.45) is 11.8 Å². The highest BCUT2D eigenvalue weighted by atomic mass is 32.2. The molecule has 0 spiro atoms. The number of aromatic nitrogens is 2. The van der Waals surface area contributed by atoms with Gasteiger partial charge in [0.25, 0.3) is 0 Å². The molecule has 0 unspecified atom stereocenters. The van der Waals surface area contributed by atoms with Gasteiger partial charge in [0.05, 0.1) is 29.3 Å². The summed E-state index contributed by atoms with van der Waals surface area (Å²) in [7, 11) is -3.82. The lowest BCUT2D eigenvalue weighted by Crippen LogP contribution is -2.52. The van der Waals surface area contributed by atoms with Gasteiger partial charge in [-0.2, -0.15) is 9.57 Å². The van der Waals surface area contributed by atoms with Gasteiger partial charge < -0.3 is 9.64 Å². The van der Waals surface area contributed by atoms with Crippen LogP contribution in [0, 0.1) is 23.2 Å². The Balaban J connectivity index is 1.23. The minimum Gasteiger partial charge on any atom is -0.447 e. The molecule has 2 amide bonds. The van der Waals surface area contributed by atoms with Crippen LogP contribution in [0.5, 0.6) is 0 Å². The third-order valence-corrected chi connectivity index (χ3v) is 9.87. The molecule has 1 aromatic heterocycles. The van der Waals surface area contributed by atoms with E-state index in [-0.39, 0.29) is 25.6 Å². The van der Waals surface area contributed by atoms with E-state index in [1.54, 1.807) is 38.4 Å². The summed E-state index contributed by atoms with van der Waals surface area (Å²) in [6.07, 6.45) is 3.03. The Labute approximate surface area is 251 Å². The molecule has 2 aliphatic rings. The van der Waals surface area contributed by atoms with Crippen LogP contribution in [0.1, 0.15) is 25.0 Å². The Kier molecular flexibility index (Phi) is 9.03. The molecule has 3 heterocycles. The Hall–Kier alpha value is -4.34. The van der Waals surface area contributed by atoms with Crippen molar-refractivity contribution in [3.8, 4) is 17.2 Å². The van der Waals surface area contributed by atoms with Crippen molar-refractivity contribution < 1.29 is 22.7 Å². The van der Waals surface area contributed by atoms with E-state index >= 15 is 0 Å². The second kappa shape index (κ2) is 12.9. The first-order chi connectivity index (χ1) is 20.7. The quantitative estimate of drug-likeness (QED) is 0.361. The molecule has 224 valence electrons. The number of piperazine rings is 1. The Morgan fingerprint density at radius 2 is 1.67 bits per heavy atom. The molecule has 3 aromatic rings. The molecular weight excluding hydrogens is 568 g/mol. The maximum absolute atomic E-state index is 13.7. The first kappa shape index (κ1) is 30.1. The molecule has 2 aliphatic heterocycles. The number of anilines is 1. The second-order valence-corrected chi connectivity index (χ2v) is 13.1. The molecular formula is C31H34N6O5S. The van der Waals surface area contributed by atoms with Crippen molar-refractivity contribution in [3.63, 3.8) is 0 Å². The van der Waals surface area contributed by atoms with E-state index in [1.807, 2.05) is 47.4 Å². The molecule has 0 N–H and O–H groups in total. The number of nitrogens with zero attached hydrogens (tertiary/aromatic N) is 6. The molecule has 2 atom stereocenters. The lowest BCUT2D eigenvalue weighted by molar-refractivity contribution is -0.134. The summed E-state index contributed by atoms with van der Waals surface area (Å²) in [5, 5.41) is 9.38. The number of sulfonamides is 1. The monoisotopic (exact) mass is 602 g/mol. The van der Waals surface area contributed by atoms with Crippen molar-refractivity contribution in [1.29, 1.82) is 5.26 Å². The number of carbonyl (C=O) groups excluding carboxylic acids is 2. The first-order valence-electron chi connectivity index (χ1n) is 14.3. The van der Waals surface area contributed by atoms with Crippen molar-refractivity contribution in [2.45, 2.75) is 26.3 Å². The Bertz CT molecular complexity index is 1600. The summed E-state index contributed by atoms with van der Waals surface area (Å²) in [5.74, 6) is -1.66. The zero-order chi connectivity index (χ0) is 30.6. The van der Waals surface area contributed by atoms with Crippen LogP contribution in [0.4, 0.5) is 10.7 Å². The molecule has 5 rings (SSSR count). The van der Waals surface area contributed by atoms with Crippen LogP contribution in [0.25, 0.3) is 11.1 Å². The number of hydrogen-bond acceptors (Lipinski definition) is 9. The SMILES string of the molecule is CC(C)[C@@H](CS(=O)(=O)N1CCN(c2ncc(-c3ccccc3C#N)cn2)CC1)C(=O)N1C(=O)OC[C@H]1Cc1ccccc1. The molecule has 2 fully saturated rings.